The van der Waals surface area contributed by atoms with Crippen LogP contribution in [0.25, 0.3) is 0 Å². The van der Waals surface area contributed by atoms with Gasteiger partial charge in [0, 0.05) is 0 Å². The third kappa shape index (κ3) is 44.3. The summed E-state index contributed by atoms with van der Waals surface area (Å²) in [5.74, 6) is 0. The molecule has 296 valence electrons. The zero-order valence-electron chi connectivity index (χ0n) is 33.5. The molecule has 0 N–H and O–H groups in total. The first-order valence-electron chi connectivity index (χ1n) is 22.0. The molecule has 0 atom stereocenters. The van der Waals surface area contributed by atoms with E-state index >= 15 is 0 Å². The monoisotopic (exact) mass is 719 g/mol. The minimum atomic E-state index is -1.85. The molecule has 0 heterocycles. The second kappa shape index (κ2) is 46.2. The molecule has 0 bridgehead atoms. The topological polar surface area (TPSA) is 55.4 Å². The van der Waals surface area contributed by atoms with Crippen molar-refractivity contribution < 1.29 is 28.7 Å². The fourth-order valence-corrected chi connectivity index (χ4v) is 6.84. The zero-order valence-corrected chi connectivity index (χ0v) is 34.4. The smallest absolute Gasteiger partial charge is 0.229 e. The van der Waals surface area contributed by atoms with E-state index in [4.69, 9.17) is 28.7 Å². The molecule has 0 spiro atoms. The highest BCUT2D eigenvalue weighted by molar-refractivity contribution is 7.41. The lowest BCUT2D eigenvalue weighted by atomic mass is 10.1. The molecule has 0 aromatic carbocycles. The van der Waals surface area contributed by atoms with Crippen LogP contribution in [0.5, 0.6) is 0 Å². The summed E-state index contributed by atoms with van der Waals surface area (Å²) >= 11 is 0. The second-order valence-electron chi connectivity index (χ2n) is 14.6. The molecule has 0 unspecified atom stereocenters. The predicted molar refractivity (Wildman–Crippen MR) is 211 cm³/mol. The first-order chi connectivity index (χ1) is 24.3. The molecule has 0 aliphatic rings. The van der Waals surface area contributed by atoms with E-state index in [1.165, 1.54) is 193 Å². The van der Waals surface area contributed by atoms with E-state index in [1.54, 1.807) is 0 Å². The Hall–Kier alpha value is 0.190. The van der Waals surface area contributed by atoms with Crippen molar-refractivity contribution in [1.82, 2.24) is 0 Å². The van der Waals surface area contributed by atoms with Gasteiger partial charge >= 0.3 is 8.60 Å². The number of unbranched alkanes of at least 4 members (excludes halogenated alkanes) is 33. The zero-order chi connectivity index (χ0) is 35.4. The van der Waals surface area contributed by atoms with Crippen molar-refractivity contribution in [3.8, 4) is 0 Å². The standard InChI is InChI=1S/C42H87O6P/c1-4-7-10-13-16-19-22-25-28-31-34-37-40-43-46-49(47-44-41-38-35-32-29-26-23-20-17-14-11-8-5-2)48-45-42-39-36-33-30-27-24-21-18-15-12-9-6-3/h4-42H2,1-3H3. The van der Waals surface area contributed by atoms with Gasteiger partial charge < -0.3 is 0 Å². The first kappa shape index (κ1) is 49.2. The molecule has 0 aliphatic carbocycles. The Kier molecular flexibility index (Phi) is 46.4. The van der Waals surface area contributed by atoms with Crippen LogP contribution >= 0.6 is 8.60 Å². The SMILES string of the molecule is CCCCCCCCCCCCCCOOP(OOCCCCCCCCCCCCCC)OOCCCCCCCCCCCCCC. The van der Waals surface area contributed by atoms with Crippen molar-refractivity contribution >= 4 is 8.60 Å². The normalized spacial score (nSPS) is 11.8. The fraction of sp³-hybridized carbons (Fsp3) is 1.00. The molecule has 0 fully saturated rings. The minimum Gasteiger partial charge on any atom is -0.229 e. The highest BCUT2D eigenvalue weighted by Crippen LogP contribution is 2.40. The van der Waals surface area contributed by atoms with Crippen LogP contribution in [-0.4, -0.2) is 19.8 Å². The van der Waals surface area contributed by atoms with Gasteiger partial charge in [0.25, 0.3) is 0 Å². The molecular weight excluding hydrogens is 631 g/mol. The van der Waals surface area contributed by atoms with Crippen molar-refractivity contribution in [2.75, 3.05) is 19.8 Å². The Bertz CT molecular complexity index is 493. The average Bonchev–Trinajstić information content (AvgIpc) is 3.11. The molecule has 7 heteroatoms. The van der Waals surface area contributed by atoms with Crippen molar-refractivity contribution in [2.24, 2.45) is 0 Å². The van der Waals surface area contributed by atoms with E-state index in [9.17, 15) is 0 Å². The molecule has 0 saturated heterocycles. The molecule has 0 rings (SSSR count). The van der Waals surface area contributed by atoms with Gasteiger partial charge in [0.05, 0.1) is 19.8 Å². The molecule has 49 heavy (non-hydrogen) atoms. The van der Waals surface area contributed by atoms with Gasteiger partial charge in [-0.3, -0.25) is 0 Å². The number of rotatable bonds is 45. The van der Waals surface area contributed by atoms with Crippen LogP contribution < -0.4 is 0 Å². The first-order valence-corrected chi connectivity index (χ1v) is 23.1. The molecule has 0 aromatic heterocycles. The van der Waals surface area contributed by atoms with Gasteiger partial charge in [-0.15, -0.1) is 14.0 Å². The lowest BCUT2D eigenvalue weighted by molar-refractivity contribution is -0.311. The summed E-state index contributed by atoms with van der Waals surface area (Å²) < 4.78 is 16.3. The van der Waals surface area contributed by atoms with Gasteiger partial charge in [-0.25, -0.2) is 14.7 Å². The van der Waals surface area contributed by atoms with Gasteiger partial charge in [-0.2, -0.15) is 0 Å². The van der Waals surface area contributed by atoms with Gasteiger partial charge in [-0.05, 0) is 19.3 Å². The molecule has 0 aromatic rings. The predicted octanol–water partition coefficient (Wildman–Crippen LogP) is 16.2. The second-order valence-corrected chi connectivity index (χ2v) is 15.5. The van der Waals surface area contributed by atoms with Crippen molar-refractivity contribution in [3.63, 3.8) is 0 Å². The minimum absolute atomic E-state index is 0.528. The van der Waals surface area contributed by atoms with E-state index in [-0.39, 0.29) is 0 Å². The van der Waals surface area contributed by atoms with Gasteiger partial charge in [0.2, 0.25) is 0 Å². The third-order valence-corrected chi connectivity index (χ3v) is 10.3. The number of hydrogen-bond acceptors (Lipinski definition) is 6. The summed E-state index contributed by atoms with van der Waals surface area (Å²) in [6, 6.07) is 0. The highest BCUT2D eigenvalue weighted by Gasteiger charge is 2.17. The quantitative estimate of drug-likeness (QED) is 0.0270. The molecule has 0 saturated carbocycles. The fourth-order valence-electron chi connectivity index (χ4n) is 6.28. The third-order valence-electron chi connectivity index (χ3n) is 9.58. The van der Waals surface area contributed by atoms with Crippen molar-refractivity contribution in [3.05, 3.63) is 0 Å². The summed E-state index contributed by atoms with van der Waals surface area (Å²) in [6.07, 6.45) is 47.3. The maximum Gasteiger partial charge on any atom is 0.421 e. The van der Waals surface area contributed by atoms with Gasteiger partial charge in [0.15, 0.2) is 0 Å². The van der Waals surface area contributed by atoms with Crippen LogP contribution in [-0.2, 0) is 28.7 Å². The van der Waals surface area contributed by atoms with E-state index in [0.29, 0.717) is 19.8 Å². The highest BCUT2D eigenvalue weighted by atomic mass is 31.2. The van der Waals surface area contributed by atoms with Crippen LogP contribution in [0.15, 0.2) is 0 Å². The summed E-state index contributed by atoms with van der Waals surface area (Å²) in [5.41, 5.74) is 0. The van der Waals surface area contributed by atoms with Crippen LogP contribution in [0.3, 0.4) is 0 Å². The van der Waals surface area contributed by atoms with Crippen molar-refractivity contribution in [1.29, 1.82) is 0 Å². The van der Waals surface area contributed by atoms with Crippen LogP contribution in [0.2, 0.25) is 0 Å². The maximum absolute atomic E-state index is 5.45. The maximum atomic E-state index is 5.45. The molecule has 6 nitrogen and oxygen atoms in total. The Morgan fingerprint density at radius 2 is 0.388 bits per heavy atom. The summed E-state index contributed by atoms with van der Waals surface area (Å²) in [4.78, 5) is 16.3. The Morgan fingerprint density at radius 1 is 0.224 bits per heavy atom. The largest absolute Gasteiger partial charge is 0.421 e. The van der Waals surface area contributed by atoms with Gasteiger partial charge in [0.1, 0.15) is 0 Å². The molecule has 0 amide bonds. The van der Waals surface area contributed by atoms with E-state index in [1.807, 2.05) is 0 Å². The average molecular weight is 719 g/mol. The number of hydrogen-bond donors (Lipinski definition) is 0. The van der Waals surface area contributed by atoms with E-state index in [0.717, 1.165) is 38.5 Å². The van der Waals surface area contributed by atoms with Crippen LogP contribution in [0, 0.1) is 0 Å². The summed E-state index contributed by atoms with van der Waals surface area (Å²) in [5, 5.41) is 0. The lowest BCUT2D eigenvalue weighted by Gasteiger charge is -2.13. The summed E-state index contributed by atoms with van der Waals surface area (Å²) in [6.45, 7) is 8.43. The molecule has 0 aliphatic heterocycles. The van der Waals surface area contributed by atoms with Crippen LogP contribution in [0.4, 0.5) is 0 Å². The Morgan fingerprint density at radius 3 is 0.571 bits per heavy atom. The Labute approximate surface area is 308 Å². The lowest BCUT2D eigenvalue weighted by Crippen LogP contribution is -2.02. The van der Waals surface area contributed by atoms with E-state index in [2.05, 4.69) is 20.8 Å². The van der Waals surface area contributed by atoms with Crippen molar-refractivity contribution in [2.45, 2.75) is 252 Å². The Balaban J connectivity index is 3.93. The molecular formula is C42H87O6P. The van der Waals surface area contributed by atoms with E-state index < -0.39 is 8.60 Å². The van der Waals surface area contributed by atoms with Crippen LogP contribution in [0.1, 0.15) is 252 Å². The summed E-state index contributed by atoms with van der Waals surface area (Å²) in [7, 11) is -1.85. The molecule has 0 radical (unpaired) electrons. The van der Waals surface area contributed by atoms with Gasteiger partial charge in [-0.1, -0.05) is 233 Å².